The maximum atomic E-state index is 12.6. The van der Waals surface area contributed by atoms with Crippen LogP contribution in [0.4, 0.5) is 13.2 Å². The quantitative estimate of drug-likeness (QED) is 0.917. The Morgan fingerprint density at radius 3 is 2.40 bits per heavy atom. The van der Waals surface area contributed by atoms with Gasteiger partial charge in [-0.05, 0) is 57.1 Å². The molecule has 2 atom stereocenters. The molecule has 5 heteroatoms. The van der Waals surface area contributed by atoms with E-state index < -0.39 is 11.7 Å². The molecule has 0 amide bonds. The molecule has 1 N–H and O–H groups in total. The summed E-state index contributed by atoms with van der Waals surface area (Å²) in [4.78, 5) is 2.28. The van der Waals surface area contributed by atoms with Gasteiger partial charge in [0.05, 0.1) is 5.56 Å². The normalized spacial score (nSPS) is 22.8. The van der Waals surface area contributed by atoms with Crippen molar-refractivity contribution in [1.82, 2.24) is 10.2 Å². The number of hydrogen-bond acceptors (Lipinski definition) is 2. The highest BCUT2D eigenvalue weighted by Gasteiger charge is 2.31. The molecule has 20 heavy (non-hydrogen) atoms. The first-order chi connectivity index (χ1) is 9.41. The van der Waals surface area contributed by atoms with Gasteiger partial charge in [0.15, 0.2) is 0 Å². The van der Waals surface area contributed by atoms with Crippen LogP contribution in [0, 0.1) is 5.92 Å². The molecule has 1 aliphatic rings. The van der Waals surface area contributed by atoms with E-state index in [-0.39, 0.29) is 6.04 Å². The lowest BCUT2D eigenvalue weighted by atomic mass is 9.86. The highest BCUT2D eigenvalue weighted by atomic mass is 19.4. The topological polar surface area (TPSA) is 15.3 Å². The van der Waals surface area contributed by atoms with Gasteiger partial charge in [-0.15, -0.1) is 0 Å². The zero-order valence-corrected chi connectivity index (χ0v) is 11.9. The van der Waals surface area contributed by atoms with E-state index >= 15 is 0 Å². The molecule has 2 rings (SSSR count). The summed E-state index contributed by atoms with van der Waals surface area (Å²) in [6, 6.07) is 5.65. The third-order valence-electron chi connectivity index (χ3n) is 4.04. The molecule has 1 aromatic carbocycles. The second-order valence-corrected chi connectivity index (χ2v) is 5.55. The number of piperidine rings is 1. The first-order valence-corrected chi connectivity index (χ1v) is 6.95. The number of benzene rings is 1. The molecule has 0 aliphatic carbocycles. The van der Waals surface area contributed by atoms with Crippen LogP contribution in [0.5, 0.6) is 0 Å². The smallest absolute Gasteiger partial charge is 0.313 e. The summed E-state index contributed by atoms with van der Waals surface area (Å²) < 4.78 is 37.8. The molecule has 112 valence electrons. The van der Waals surface area contributed by atoms with Gasteiger partial charge < -0.3 is 10.2 Å². The van der Waals surface area contributed by atoms with E-state index in [2.05, 4.69) is 17.3 Å². The summed E-state index contributed by atoms with van der Waals surface area (Å²) in [5.41, 5.74) is 0.345. The Morgan fingerprint density at radius 1 is 1.25 bits per heavy atom. The molecule has 0 aromatic heterocycles. The monoisotopic (exact) mass is 286 g/mol. The molecule has 1 saturated heterocycles. The van der Waals surface area contributed by atoms with Gasteiger partial charge in [-0.25, -0.2) is 0 Å². The summed E-state index contributed by atoms with van der Waals surface area (Å²) in [5.74, 6) is 0.440. The number of nitrogens with zero attached hydrogens (tertiary/aromatic N) is 1. The minimum absolute atomic E-state index is 0.111. The number of likely N-dealkylation sites (tertiary alicyclic amines) is 1. The van der Waals surface area contributed by atoms with Gasteiger partial charge in [-0.1, -0.05) is 12.1 Å². The summed E-state index contributed by atoms with van der Waals surface area (Å²) in [6.45, 7) is 2.08. The van der Waals surface area contributed by atoms with Crippen molar-refractivity contribution in [2.24, 2.45) is 5.92 Å². The van der Waals surface area contributed by atoms with Gasteiger partial charge in [0.2, 0.25) is 0 Å². The number of rotatable bonds is 3. The van der Waals surface area contributed by atoms with Crippen molar-refractivity contribution >= 4 is 0 Å². The van der Waals surface area contributed by atoms with E-state index in [1.54, 1.807) is 12.1 Å². The predicted molar refractivity (Wildman–Crippen MR) is 73.5 cm³/mol. The van der Waals surface area contributed by atoms with Crippen LogP contribution in [0.15, 0.2) is 24.3 Å². The lowest BCUT2D eigenvalue weighted by Gasteiger charge is -2.35. The van der Waals surface area contributed by atoms with Gasteiger partial charge >= 0.3 is 6.18 Å². The summed E-state index contributed by atoms with van der Waals surface area (Å²) >= 11 is 0. The molecule has 0 spiro atoms. The van der Waals surface area contributed by atoms with E-state index in [0.29, 0.717) is 5.92 Å². The number of halogens is 3. The third kappa shape index (κ3) is 3.52. The van der Waals surface area contributed by atoms with Crippen molar-refractivity contribution in [3.8, 4) is 0 Å². The Bertz CT molecular complexity index is 428. The molecule has 1 heterocycles. The van der Waals surface area contributed by atoms with Crippen molar-refractivity contribution in [3.63, 3.8) is 0 Å². The molecule has 0 bridgehead atoms. The van der Waals surface area contributed by atoms with Gasteiger partial charge in [0.1, 0.15) is 0 Å². The molecular formula is C15H21F3N2. The lowest BCUT2D eigenvalue weighted by molar-refractivity contribution is -0.137. The Labute approximate surface area is 118 Å². The molecule has 1 fully saturated rings. The minimum Gasteiger partial charge on any atom is -0.313 e. The second-order valence-electron chi connectivity index (χ2n) is 5.55. The van der Waals surface area contributed by atoms with Crippen LogP contribution in [0.1, 0.15) is 30.0 Å². The fourth-order valence-corrected chi connectivity index (χ4v) is 3.03. The third-order valence-corrected chi connectivity index (χ3v) is 4.04. The van der Waals surface area contributed by atoms with Crippen LogP contribution < -0.4 is 5.32 Å². The molecule has 2 nitrogen and oxygen atoms in total. The van der Waals surface area contributed by atoms with E-state index in [1.165, 1.54) is 12.1 Å². The van der Waals surface area contributed by atoms with E-state index in [1.807, 2.05) is 7.05 Å². The average Bonchev–Trinajstić information content (AvgIpc) is 2.39. The molecule has 0 saturated carbocycles. The number of nitrogens with one attached hydrogen (secondary N) is 1. The van der Waals surface area contributed by atoms with Gasteiger partial charge in [0.25, 0.3) is 0 Å². The van der Waals surface area contributed by atoms with Gasteiger partial charge in [-0.2, -0.15) is 13.2 Å². The fourth-order valence-electron chi connectivity index (χ4n) is 3.03. The largest absolute Gasteiger partial charge is 0.416 e. The molecule has 1 aliphatic heterocycles. The molecular weight excluding hydrogens is 265 g/mol. The zero-order valence-electron chi connectivity index (χ0n) is 11.9. The standard InChI is InChI=1S/C15H21F3N2/c1-19-14(12-4-3-9-20(2)10-12)11-5-7-13(8-6-11)15(16,17)18/h5-8,12,14,19H,3-4,9-10H2,1-2H3. The minimum atomic E-state index is -4.27. The van der Waals surface area contributed by atoms with Crippen molar-refractivity contribution in [1.29, 1.82) is 0 Å². The van der Waals surface area contributed by atoms with Crippen LogP contribution >= 0.6 is 0 Å². The highest BCUT2D eigenvalue weighted by molar-refractivity contribution is 5.27. The van der Waals surface area contributed by atoms with Gasteiger partial charge in [-0.3, -0.25) is 0 Å². The lowest BCUT2D eigenvalue weighted by Crippen LogP contribution is -2.38. The van der Waals surface area contributed by atoms with Crippen molar-refractivity contribution in [2.75, 3.05) is 27.2 Å². The highest BCUT2D eigenvalue weighted by Crippen LogP contribution is 2.33. The van der Waals surface area contributed by atoms with Gasteiger partial charge in [0, 0.05) is 12.6 Å². The maximum Gasteiger partial charge on any atom is 0.416 e. The second kappa shape index (κ2) is 6.14. The van der Waals surface area contributed by atoms with Crippen LogP contribution in [-0.4, -0.2) is 32.1 Å². The zero-order chi connectivity index (χ0) is 14.8. The summed E-state index contributed by atoms with van der Waals surface area (Å²) in [6.07, 6.45) is -2.02. The average molecular weight is 286 g/mol. The Balaban J connectivity index is 2.15. The van der Waals surface area contributed by atoms with E-state index in [0.717, 1.165) is 31.5 Å². The van der Waals surface area contributed by atoms with Crippen LogP contribution in [-0.2, 0) is 6.18 Å². The van der Waals surface area contributed by atoms with Crippen LogP contribution in [0.25, 0.3) is 0 Å². The van der Waals surface area contributed by atoms with Crippen LogP contribution in [0.3, 0.4) is 0 Å². The first kappa shape index (κ1) is 15.3. The van der Waals surface area contributed by atoms with E-state index in [9.17, 15) is 13.2 Å². The number of hydrogen-bond donors (Lipinski definition) is 1. The number of alkyl halides is 3. The van der Waals surface area contributed by atoms with Crippen molar-refractivity contribution in [3.05, 3.63) is 35.4 Å². The molecule has 0 radical (unpaired) electrons. The van der Waals surface area contributed by atoms with E-state index in [4.69, 9.17) is 0 Å². The Hall–Kier alpha value is -1.07. The predicted octanol–water partition coefficient (Wildman–Crippen LogP) is 3.31. The molecule has 2 unspecified atom stereocenters. The summed E-state index contributed by atoms with van der Waals surface area (Å²) in [5, 5.41) is 3.26. The molecule has 1 aromatic rings. The SMILES string of the molecule is CNC(c1ccc(C(F)(F)F)cc1)C1CCCN(C)C1. The fraction of sp³-hybridized carbons (Fsp3) is 0.600. The summed E-state index contributed by atoms with van der Waals surface area (Å²) in [7, 11) is 3.96. The Morgan fingerprint density at radius 2 is 1.90 bits per heavy atom. The Kier molecular flexibility index (Phi) is 4.70. The van der Waals surface area contributed by atoms with Crippen molar-refractivity contribution < 1.29 is 13.2 Å². The van der Waals surface area contributed by atoms with Crippen molar-refractivity contribution in [2.45, 2.75) is 25.1 Å². The first-order valence-electron chi connectivity index (χ1n) is 6.95. The van der Waals surface area contributed by atoms with Crippen LogP contribution in [0.2, 0.25) is 0 Å². The maximum absolute atomic E-state index is 12.6.